The molecule has 0 aromatic heterocycles. The summed E-state index contributed by atoms with van der Waals surface area (Å²) in [4.78, 5) is 12.4. The standard InChI is InChI=1S/C54H93NO3/c1-3-5-7-9-11-13-15-17-19-20-21-22-23-24-25-26-27-28-29-30-31-32-33-34-36-38-40-42-44-46-48-50-54(58)55-52(51-56)53(57)49-47-45-43-41-39-37-35-18-16-14-12-10-8-6-4-2/h5,7,11,13,17,19,21-22,24-25,27-28,39,41,47,49,52-53,56-57H,3-4,6,8-10,12,14-16,18,20,23,26,29-38,40,42-46,48,50-51H2,1-2H3,(H,55,58)/b7-5-,13-11-,19-17-,22-21-,25-24-,28-27-,41-39+,49-47+. The van der Waals surface area contributed by atoms with Crippen molar-refractivity contribution in [2.75, 3.05) is 6.61 Å². The number of aliphatic hydroxyl groups is 2. The molecule has 0 saturated heterocycles. The van der Waals surface area contributed by atoms with Gasteiger partial charge in [-0.3, -0.25) is 4.79 Å². The van der Waals surface area contributed by atoms with E-state index in [1.807, 2.05) is 6.08 Å². The van der Waals surface area contributed by atoms with Crippen molar-refractivity contribution in [3.63, 3.8) is 0 Å². The Morgan fingerprint density at radius 3 is 1.21 bits per heavy atom. The Hall–Kier alpha value is -2.69. The highest BCUT2D eigenvalue weighted by molar-refractivity contribution is 5.76. The van der Waals surface area contributed by atoms with Crippen molar-refractivity contribution < 1.29 is 15.0 Å². The summed E-state index contributed by atoms with van der Waals surface area (Å²) in [6.45, 7) is 4.17. The van der Waals surface area contributed by atoms with Crippen LogP contribution in [0.5, 0.6) is 0 Å². The molecular weight excluding hydrogens is 711 g/mol. The molecular formula is C54H93NO3. The van der Waals surface area contributed by atoms with E-state index in [0.29, 0.717) is 6.42 Å². The average molecular weight is 804 g/mol. The molecule has 0 spiro atoms. The number of rotatable bonds is 43. The van der Waals surface area contributed by atoms with Crippen LogP contribution in [0.2, 0.25) is 0 Å². The molecule has 0 aromatic carbocycles. The van der Waals surface area contributed by atoms with Gasteiger partial charge in [-0.2, -0.15) is 0 Å². The van der Waals surface area contributed by atoms with Crippen LogP contribution in [-0.4, -0.2) is 34.9 Å². The van der Waals surface area contributed by atoms with E-state index in [0.717, 1.165) is 70.6 Å². The molecule has 3 N–H and O–H groups in total. The summed E-state index contributed by atoms with van der Waals surface area (Å²) in [5.41, 5.74) is 0. The van der Waals surface area contributed by atoms with Gasteiger partial charge in [0.15, 0.2) is 0 Å². The molecule has 0 aliphatic heterocycles. The maximum atomic E-state index is 12.4. The third-order valence-electron chi connectivity index (χ3n) is 10.6. The molecule has 0 fully saturated rings. The van der Waals surface area contributed by atoms with Gasteiger partial charge in [-0.1, -0.05) is 227 Å². The third kappa shape index (κ3) is 44.4. The van der Waals surface area contributed by atoms with Crippen LogP contribution in [0.1, 0.15) is 219 Å². The number of hydrogen-bond donors (Lipinski definition) is 3. The molecule has 0 bridgehead atoms. The number of unbranched alkanes of at least 4 members (excludes halogenated alkanes) is 22. The lowest BCUT2D eigenvalue weighted by atomic mass is 10.0. The second-order valence-corrected chi connectivity index (χ2v) is 16.1. The van der Waals surface area contributed by atoms with Crippen molar-refractivity contribution in [1.29, 1.82) is 0 Å². The van der Waals surface area contributed by atoms with Gasteiger partial charge in [-0.15, -0.1) is 0 Å². The largest absolute Gasteiger partial charge is 0.394 e. The molecule has 0 radical (unpaired) electrons. The molecule has 332 valence electrons. The minimum atomic E-state index is -0.867. The zero-order chi connectivity index (χ0) is 42.1. The Labute approximate surface area is 360 Å². The van der Waals surface area contributed by atoms with Gasteiger partial charge < -0.3 is 15.5 Å². The molecule has 0 rings (SSSR count). The monoisotopic (exact) mass is 804 g/mol. The second-order valence-electron chi connectivity index (χ2n) is 16.1. The molecule has 0 aliphatic carbocycles. The van der Waals surface area contributed by atoms with Crippen molar-refractivity contribution in [2.45, 2.75) is 231 Å². The fourth-order valence-electron chi connectivity index (χ4n) is 6.84. The first kappa shape index (κ1) is 55.3. The molecule has 4 heteroatoms. The zero-order valence-electron chi connectivity index (χ0n) is 38.0. The second kappa shape index (κ2) is 48.7. The number of nitrogens with one attached hydrogen (secondary N) is 1. The van der Waals surface area contributed by atoms with Gasteiger partial charge in [0.1, 0.15) is 0 Å². The first-order valence-corrected chi connectivity index (χ1v) is 24.5. The summed E-state index contributed by atoms with van der Waals surface area (Å²) >= 11 is 0. The Kier molecular flexibility index (Phi) is 46.4. The minimum Gasteiger partial charge on any atom is -0.394 e. The van der Waals surface area contributed by atoms with Crippen LogP contribution in [0.15, 0.2) is 97.2 Å². The molecule has 58 heavy (non-hydrogen) atoms. The fraction of sp³-hybridized carbons (Fsp3) is 0.685. The van der Waals surface area contributed by atoms with Gasteiger partial charge in [0.25, 0.3) is 0 Å². The Morgan fingerprint density at radius 1 is 0.431 bits per heavy atom. The molecule has 4 nitrogen and oxygen atoms in total. The molecule has 0 saturated carbocycles. The van der Waals surface area contributed by atoms with E-state index in [9.17, 15) is 15.0 Å². The van der Waals surface area contributed by atoms with Crippen molar-refractivity contribution in [2.24, 2.45) is 0 Å². The molecule has 0 aliphatic rings. The van der Waals surface area contributed by atoms with Crippen molar-refractivity contribution in [3.05, 3.63) is 97.2 Å². The van der Waals surface area contributed by atoms with E-state index in [-0.39, 0.29) is 12.5 Å². The van der Waals surface area contributed by atoms with Crippen LogP contribution >= 0.6 is 0 Å². The highest BCUT2D eigenvalue weighted by Gasteiger charge is 2.17. The Morgan fingerprint density at radius 2 is 0.776 bits per heavy atom. The van der Waals surface area contributed by atoms with E-state index in [1.54, 1.807) is 6.08 Å². The predicted octanol–water partition coefficient (Wildman–Crippen LogP) is 15.8. The number of amides is 1. The number of carbonyl (C=O) groups is 1. The lowest BCUT2D eigenvalue weighted by Crippen LogP contribution is -2.45. The third-order valence-corrected chi connectivity index (χ3v) is 10.6. The fourth-order valence-corrected chi connectivity index (χ4v) is 6.84. The first-order chi connectivity index (χ1) is 28.7. The summed E-state index contributed by atoms with van der Waals surface area (Å²) in [6, 6.07) is -0.645. The van der Waals surface area contributed by atoms with Gasteiger partial charge in [-0.25, -0.2) is 0 Å². The number of allylic oxidation sites excluding steroid dienone is 15. The van der Waals surface area contributed by atoms with Gasteiger partial charge in [-0.05, 0) is 83.5 Å². The van der Waals surface area contributed by atoms with Gasteiger partial charge in [0.05, 0.1) is 18.8 Å². The number of carbonyl (C=O) groups excluding carboxylic acids is 1. The summed E-state index contributed by atoms with van der Waals surface area (Å²) in [5.74, 6) is -0.0803. The first-order valence-electron chi connectivity index (χ1n) is 24.5. The summed E-state index contributed by atoms with van der Waals surface area (Å²) in [5, 5.41) is 23.0. The minimum absolute atomic E-state index is 0.0803. The predicted molar refractivity (Wildman–Crippen MR) is 257 cm³/mol. The Balaban J connectivity index is 3.59. The van der Waals surface area contributed by atoms with Crippen molar-refractivity contribution in [3.8, 4) is 0 Å². The van der Waals surface area contributed by atoms with Crippen LogP contribution in [0.4, 0.5) is 0 Å². The summed E-state index contributed by atoms with van der Waals surface area (Å²) in [7, 11) is 0. The van der Waals surface area contributed by atoms with Crippen molar-refractivity contribution in [1.82, 2.24) is 5.32 Å². The highest BCUT2D eigenvalue weighted by Crippen LogP contribution is 2.14. The molecule has 2 atom stereocenters. The van der Waals surface area contributed by atoms with Crippen LogP contribution in [0, 0.1) is 0 Å². The number of hydrogen-bond acceptors (Lipinski definition) is 3. The highest BCUT2D eigenvalue weighted by atomic mass is 16.3. The van der Waals surface area contributed by atoms with E-state index >= 15 is 0 Å². The summed E-state index contributed by atoms with van der Waals surface area (Å²) < 4.78 is 0. The van der Waals surface area contributed by atoms with Crippen LogP contribution in [-0.2, 0) is 4.79 Å². The lowest BCUT2D eigenvalue weighted by molar-refractivity contribution is -0.123. The maximum absolute atomic E-state index is 12.4. The molecule has 1 amide bonds. The average Bonchev–Trinajstić information content (AvgIpc) is 3.23. The maximum Gasteiger partial charge on any atom is 0.220 e. The van der Waals surface area contributed by atoms with Crippen molar-refractivity contribution >= 4 is 5.91 Å². The smallest absolute Gasteiger partial charge is 0.220 e. The topological polar surface area (TPSA) is 69.6 Å². The SMILES string of the molecule is CC/C=C\C/C=C\C/C=C\C/C=C\C/C=C\C/C=C\CCCCCCCCCCCCCCC(=O)NC(CO)C(O)/C=C/CC/C=C/CCCCCCCCCCC. The van der Waals surface area contributed by atoms with Gasteiger partial charge in [0, 0.05) is 6.42 Å². The Bertz CT molecular complexity index is 1090. The zero-order valence-corrected chi connectivity index (χ0v) is 38.0. The van der Waals surface area contributed by atoms with Crippen LogP contribution in [0.3, 0.4) is 0 Å². The summed E-state index contributed by atoms with van der Waals surface area (Å²) in [6.07, 6.45) is 72.5. The quantitative estimate of drug-likeness (QED) is 0.0425. The molecule has 0 aromatic rings. The number of aliphatic hydroxyl groups excluding tert-OH is 2. The molecule has 0 heterocycles. The van der Waals surface area contributed by atoms with E-state index in [2.05, 4.69) is 104 Å². The normalized spacial score (nSPS) is 13.8. The molecule has 2 unspecified atom stereocenters. The van der Waals surface area contributed by atoms with Crippen LogP contribution in [0.25, 0.3) is 0 Å². The van der Waals surface area contributed by atoms with E-state index < -0.39 is 12.1 Å². The van der Waals surface area contributed by atoms with E-state index in [1.165, 1.54) is 128 Å². The lowest BCUT2D eigenvalue weighted by Gasteiger charge is -2.19. The van der Waals surface area contributed by atoms with Gasteiger partial charge in [0.2, 0.25) is 5.91 Å². The van der Waals surface area contributed by atoms with E-state index in [4.69, 9.17) is 0 Å². The van der Waals surface area contributed by atoms with Gasteiger partial charge >= 0.3 is 0 Å². The van der Waals surface area contributed by atoms with Crippen LogP contribution < -0.4 is 5.32 Å².